The number of carbonyl (C=O) groups excluding carboxylic acids is 1. The first-order valence-electron chi connectivity index (χ1n) is 13.1. The maximum Gasteiger partial charge on any atom is 0.257 e. The third kappa shape index (κ3) is 5.01. The molecule has 1 amide bonds. The summed E-state index contributed by atoms with van der Waals surface area (Å²) in [6.07, 6.45) is 3.35. The molecule has 3 aromatic carbocycles. The fourth-order valence-electron chi connectivity index (χ4n) is 4.96. The number of hydrogen-bond acceptors (Lipinski definition) is 6. The van der Waals surface area contributed by atoms with E-state index in [0.717, 1.165) is 29.9 Å². The highest BCUT2D eigenvalue weighted by Gasteiger charge is 2.26. The van der Waals surface area contributed by atoms with Crippen molar-refractivity contribution < 1.29 is 14.6 Å². The van der Waals surface area contributed by atoms with E-state index in [2.05, 4.69) is 10.4 Å². The maximum atomic E-state index is 13.5. The van der Waals surface area contributed by atoms with Gasteiger partial charge in [-0.2, -0.15) is 9.61 Å². The number of aromatic nitrogens is 3. The van der Waals surface area contributed by atoms with Crippen LogP contribution < -0.4 is 10.1 Å². The average molecular weight is 520 g/mol. The van der Waals surface area contributed by atoms with E-state index in [1.165, 1.54) is 0 Å². The molecule has 0 unspecified atom stereocenters. The van der Waals surface area contributed by atoms with E-state index in [-0.39, 0.29) is 17.7 Å². The van der Waals surface area contributed by atoms with Crippen LogP contribution in [0.25, 0.3) is 16.9 Å². The Labute approximate surface area is 226 Å². The Morgan fingerprint density at radius 2 is 1.69 bits per heavy atom. The number of piperidine rings is 1. The van der Waals surface area contributed by atoms with E-state index in [0.29, 0.717) is 41.4 Å². The molecule has 196 valence electrons. The van der Waals surface area contributed by atoms with Crippen LogP contribution in [0.15, 0.2) is 91.1 Å². The Bertz CT molecular complexity index is 1620. The number of rotatable bonds is 6. The monoisotopic (exact) mass is 519 g/mol. The first-order valence-corrected chi connectivity index (χ1v) is 13.1. The molecular weight excluding hydrogens is 490 g/mol. The highest BCUT2D eigenvalue weighted by Crippen LogP contribution is 2.31. The predicted molar refractivity (Wildman–Crippen MR) is 150 cm³/mol. The van der Waals surface area contributed by atoms with Gasteiger partial charge in [0.15, 0.2) is 5.65 Å². The van der Waals surface area contributed by atoms with E-state index in [1.807, 2.05) is 84.6 Å². The van der Waals surface area contributed by atoms with E-state index in [9.17, 15) is 9.90 Å². The minimum Gasteiger partial charge on any atom is -0.507 e. The Morgan fingerprint density at radius 1 is 0.974 bits per heavy atom. The van der Waals surface area contributed by atoms with Gasteiger partial charge in [0, 0.05) is 36.3 Å². The summed E-state index contributed by atoms with van der Waals surface area (Å²) in [6.45, 7) is 3.21. The lowest BCUT2D eigenvalue weighted by atomic mass is 10.0. The summed E-state index contributed by atoms with van der Waals surface area (Å²) < 4.78 is 7.83. The number of phenolic OH excluding ortho intramolecular Hbond substituents is 1. The molecule has 1 aliphatic rings. The predicted octanol–water partition coefficient (Wildman–Crippen LogP) is 5.92. The van der Waals surface area contributed by atoms with Crippen molar-refractivity contribution in [2.24, 2.45) is 0 Å². The molecule has 3 heterocycles. The van der Waals surface area contributed by atoms with Crippen molar-refractivity contribution in [2.45, 2.75) is 25.8 Å². The highest BCUT2D eigenvalue weighted by molar-refractivity contribution is 5.97. The first-order chi connectivity index (χ1) is 19.1. The van der Waals surface area contributed by atoms with Crippen LogP contribution in [-0.4, -0.2) is 49.6 Å². The molecule has 0 atom stereocenters. The van der Waals surface area contributed by atoms with Crippen molar-refractivity contribution in [1.29, 1.82) is 0 Å². The van der Waals surface area contributed by atoms with Gasteiger partial charge in [0.05, 0.1) is 17.5 Å². The number of phenols is 1. The van der Waals surface area contributed by atoms with Crippen LogP contribution in [0.1, 0.15) is 28.8 Å². The number of para-hydroxylation sites is 3. The number of hydrogen-bond donors (Lipinski definition) is 2. The van der Waals surface area contributed by atoms with Gasteiger partial charge in [-0.1, -0.05) is 42.5 Å². The van der Waals surface area contributed by atoms with Gasteiger partial charge in [0.25, 0.3) is 5.91 Å². The summed E-state index contributed by atoms with van der Waals surface area (Å²) in [7, 11) is 0. The zero-order valence-electron chi connectivity index (χ0n) is 21.6. The topological polar surface area (TPSA) is 92.0 Å². The SMILES string of the molecule is Cc1cnn2c(NC3CCN(C(=O)c4ccccc4Oc4ccccc4)CC3)cc(-c3ccccc3O)nc12. The molecule has 2 N–H and O–H groups in total. The van der Waals surface area contributed by atoms with Crippen LogP contribution in [0.4, 0.5) is 5.82 Å². The fourth-order valence-corrected chi connectivity index (χ4v) is 4.96. The highest BCUT2D eigenvalue weighted by atomic mass is 16.5. The van der Waals surface area contributed by atoms with Gasteiger partial charge in [0.2, 0.25) is 0 Å². The standard InChI is InChI=1S/C31H29N5O3/c1-21-20-32-36-29(19-26(34-30(21)36)24-11-5-7-13-27(24)37)33-22-15-17-35(18-16-22)31(38)25-12-6-8-14-28(25)39-23-9-3-2-4-10-23/h2-14,19-20,22,33,37H,15-18H2,1H3. The molecule has 8 heteroatoms. The zero-order chi connectivity index (χ0) is 26.8. The lowest BCUT2D eigenvalue weighted by Gasteiger charge is -2.33. The summed E-state index contributed by atoms with van der Waals surface area (Å²) in [5.41, 5.74) is 3.59. The Hall–Kier alpha value is -4.85. The molecule has 0 spiro atoms. The Morgan fingerprint density at radius 3 is 2.49 bits per heavy atom. The molecular formula is C31H29N5O3. The quantitative estimate of drug-likeness (QED) is 0.289. The third-order valence-electron chi connectivity index (χ3n) is 7.05. The molecule has 1 saturated heterocycles. The van der Waals surface area contributed by atoms with Crippen LogP contribution in [0, 0.1) is 6.92 Å². The van der Waals surface area contributed by atoms with Crippen molar-refractivity contribution in [1.82, 2.24) is 19.5 Å². The number of carbonyl (C=O) groups is 1. The molecule has 2 aromatic heterocycles. The number of ether oxygens (including phenoxy) is 1. The van der Waals surface area contributed by atoms with Crippen molar-refractivity contribution >= 4 is 17.4 Å². The number of aryl methyl sites for hydroxylation is 1. The van der Waals surface area contributed by atoms with Gasteiger partial charge in [-0.05, 0) is 56.2 Å². The summed E-state index contributed by atoms with van der Waals surface area (Å²) in [5, 5.41) is 18.6. The molecule has 5 aromatic rings. The summed E-state index contributed by atoms with van der Waals surface area (Å²) >= 11 is 0. The summed E-state index contributed by atoms with van der Waals surface area (Å²) in [4.78, 5) is 20.1. The number of nitrogens with one attached hydrogen (secondary N) is 1. The summed E-state index contributed by atoms with van der Waals surface area (Å²) in [5.74, 6) is 2.20. The van der Waals surface area contributed by atoms with E-state index < -0.39 is 0 Å². The van der Waals surface area contributed by atoms with Gasteiger partial charge < -0.3 is 20.1 Å². The van der Waals surface area contributed by atoms with Gasteiger partial charge in [-0.15, -0.1) is 0 Å². The van der Waals surface area contributed by atoms with Crippen molar-refractivity contribution in [3.05, 3.63) is 102 Å². The molecule has 0 bridgehead atoms. The van der Waals surface area contributed by atoms with Crippen molar-refractivity contribution in [3.63, 3.8) is 0 Å². The van der Waals surface area contributed by atoms with E-state index in [4.69, 9.17) is 9.72 Å². The van der Waals surface area contributed by atoms with Crippen LogP contribution in [0.3, 0.4) is 0 Å². The molecule has 39 heavy (non-hydrogen) atoms. The molecule has 6 rings (SSSR count). The zero-order valence-corrected chi connectivity index (χ0v) is 21.6. The minimum absolute atomic E-state index is 0.0316. The molecule has 0 aliphatic carbocycles. The first kappa shape index (κ1) is 24.5. The number of nitrogens with zero attached hydrogens (tertiary/aromatic N) is 4. The third-order valence-corrected chi connectivity index (χ3v) is 7.05. The number of amides is 1. The average Bonchev–Trinajstić information content (AvgIpc) is 3.35. The number of anilines is 1. The van der Waals surface area contributed by atoms with E-state index in [1.54, 1.807) is 22.8 Å². The van der Waals surface area contributed by atoms with Crippen molar-refractivity contribution in [3.8, 4) is 28.5 Å². The second-order valence-electron chi connectivity index (χ2n) is 9.73. The minimum atomic E-state index is -0.0316. The summed E-state index contributed by atoms with van der Waals surface area (Å²) in [6, 6.07) is 26.1. The smallest absolute Gasteiger partial charge is 0.257 e. The molecule has 8 nitrogen and oxygen atoms in total. The van der Waals surface area contributed by atoms with Gasteiger partial charge in [-0.3, -0.25) is 4.79 Å². The maximum absolute atomic E-state index is 13.5. The van der Waals surface area contributed by atoms with Crippen LogP contribution in [0.5, 0.6) is 17.2 Å². The number of fused-ring (bicyclic) bond motifs is 1. The molecule has 0 saturated carbocycles. The second-order valence-corrected chi connectivity index (χ2v) is 9.73. The molecule has 0 radical (unpaired) electrons. The van der Waals surface area contributed by atoms with Crippen LogP contribution in [0.2, 0.25) is 0 Å². The van der Waals surface area contributed by atoms with Crippen LogP contribution in [-0.2, 0) is 0 Å². The number of likely N-dealkylation sites (tertiary alicyclic amines) is 1. The van der Waals surface area contributed by atoms with Gasteiger partial charge in [-0.25, -0.2) is 4.98 Å². The lowest BCUT2D eigenvalue weighted by Crippen LogP contribution is -2.42. The Balaban J connectivity index is 1.18. The van der Waals surface area contributed by atoms with Gasteiger partial charge >= 0.3 is 0 Å². The second kappa shape index (κ2) is 10.5. The molecule has 1 aliphatic heterocycles. The van der Waals surface area contributed by atoms with E-state index >= 15 is 0 Å². The largest absolute Gasteiger partial charge is 0.507 e. The molecule has 1 fully saturated rings. The lowest BCUT2D eigenvalue weighted by molar-refractivity contribution is 0.0716. The number of benzene rings is 3. The normalized spacial score (nSPS) is 13.9. The number of aromatic hydroxyl groups is 1. The van der Waals surface area contributed by atoms with Crippen LogP contribution >= 0.6 is 0 Å². The Kier molecular flexibility index (Phi) is 6.59. The van der Waals surface area contributed by atoms with Crippen molar-refractivity contribution in [2.75, 3.05) is 18.4 Å². The van der Waals surface area contributed by atoms with Gasteiger partial charge in [0.1, 0.15) is 23.1 Å². The fraction of sp³-hybridized carbons (Fsp3) is 0.194.